The molecule has 2 amide bonds. The van der Waals surface area contributed by atoms with E-state index in [4.69, 9.17) is 17.0 Å². The fraction of sp³-hybridized carbons (Fsp3) is 0.308. The first kappa shape index (κ1) is 19.1. The average molecular weight is 356 g/mol. The van der Waals surface area contributed by atoms with Crippen LogP contribution in [-0.4, -0.2) is 35.4 Å². The molecule has 10 nitrogen and oxygen atoms in total. The fourth-order valence-electron chi connectivity index (χ4n) is 1.52. The summed E-state index contributed by atoms with van der Waals surface area (Å²) in [6.45, 7) is 3.34. The van der Waals surface area contributed by atoms with Crippen molar-refractivity contribution in [3.05, 3.63) is 28.3 Å². The highest BCUT2D eigenvalue weighted by atomic mass is 32.1. The maximum absolute atomic E-state index is 11.5. The molecule has 0 aromatic heterocycles. The van der Waals surface area contributed by atoms with Crippen LogP contribution in [0.25, 0.3) is 0 Å². The Balaban J connectivity index is 2.91. The van der Waals surface area contributed by atoms with Crippen LogP contribution in [0.4, 0.5) is 26.7 Å². The molecule has 130 valence electrons. The molecule has 24 heavy (non-hydrogen) atoms. The van der Waals surface area contributed by atoms with E-state index in [0.717, 1.165) is 13.2 Å². The lowest BCUT2D eigenvalue weighted by atomic mass is 10.2. The van der Waals surface area contributed by atoms with E-state index in [9.17, 15) is 19.7 Å². The zero-order valence-corrected chi connectivity index (χ0v) is 13.9. The van der Waals surface area contributed by atoms with E-state index in [1.807, 2.05) is 0 Å². The second-order valence-corrected chi connectivity index (χ2v) is 5.05. The number of nitro groups is 1. The molecule has 0 fully saturated rings. The smallest absolute Gasteiger partial charge is 0.413 e. The molecule has 0 bridgehead atoms. The van der Waals surface area contributed by atoms with E-state index in [2.05, 4.69) is 20.7 Å². The lowest BCUT2D eigenvalue weighted by molar-refractivity contribution is -0.383. The number of amides is 2. The number of nitrogens with zero attached hydrogens (tertiary/aromatic N) is 1. The molecule has 0 spiro atoms. The zero-order chi connectivity index (χ0) is 18.3. The van der Waals surface area contributed by atoms with Crippen molar-refractivity contribution in [1.29, 1.82) is 0 Å². The Labute approximate surface area is 142 Å². The second-order valence-electron chi connectivity index (χ2n) is 4.64. The molecule has 0 radical (unpaired) electrons. The van der Waals surface area contributed by atoms with E-state index < -0.39 is 17.1 Å². The molecule has 0 saturated carbocycles. The van der Waals surface area contributed by atoms with Crippen LogP contribution in [0.5, 0.6) is 0 Å². The highest BCUT2D eigenvalue weighted by molar-refractivity contribution is 7.80. The second kappa shape index (κ2) is 8.62. The monoisotopic (exact) mass is 356 g/mol. The highest BCUT2D eigenvalue weighted by Crippen LogP contribution is 2.28. The number of alkyl carbamates (subject to hydrolysis) is 1. The predicted molar refractivity (Wildman–Crippen MR) is 90.1 cm³/mol. The number of nitrogens with one attached hydrogen (secondary N) is 3. The third kappa shape index (κ3) is 6.04. The van der Waals surface area contributed by atoms with Crippen molar-refractivity contribution >= 4 is 46.6 Å². The number of benzene rings is 1. The molecule has 0 saturated heterocycles. The van der Waals surface area contributed by atoms with Crippen LogP contribution in [0.15, 0.2) is 18.2 Å². The average Bonchev–Trinajstić information content (AvgIpc) is 2.47. The number of hydrogen-bond acceptors (Lipinski definition) is 7. The summed E-state index contributed by atoms with van der Waals surface area (Å²) in [6.07, 6.45) is -1.88. The Kier molecular flexibility index (Phi) is 6.86. The summed E-state index contributed by atoms with van der Waals surface area (Å²) in [6, 6.07) is 3.87. The number of methoxy groups -OCH3 is 1. The van der Waals surface area contributed by atoms with Crippen molar-refractivity contribution in [2.75, 3.05) is 17.7 Å². The minimum Gasteiger partial charge on any atom is -0.453 e. The van der Waals surface area contributed by atoms with Gasteiger partial charge in [-0.2, -0.15) is 0 Å². The van der Waals surface area contributed by atoms with E-state index in [-0.39, 0.29) is 28.3 Å². The van der Waals surface area contributed by atoms with Gasteiger partial charge in [0.15, 0.2) is 5.11 Å². The van der Waals surface area contributed by atoms with Gasteiger partial charge in [0, 0.05) is 6.07 Å². The molecule has 0 atom stereocenters. The molecule has 0 heterocycles. The summed E-state index contributed by atoms with van der Waals surface area (Å²) in [5.74, 6) is 0. The van der Waals surface area contributed by atoms with E-state index in [1.165, 1.54) is 12.1 Å². The summed E-state index contributed by atoms with van der Waals surface area (Å²) in [5, 5.41) is 18.0. The lowest BCUT2D eigenvalue weighted by Gasteiger charge is -2.12. The minimum absolute atomic E-state index is 0.0316. The maximum atomic E-state index is 11.5. The van der Waals surface area contributed by atoms with E-state index >= 15 is 0 Å². The summed E-state index contributed by atoms with van der Waals surface area (Å²) in [5.41, 5.74) is -0.153. The Hall–Kier alpha value is -2.95. The zero-order valence-electron chi connectivity index (χ0n) is 13.1. The van der Waals surface area contributed by atoms with Gasteiger partial charge in [-0.15, -0.1) is 0 Å². The third-order valence-electron chi connectivity index (χ3n) is 2.43. The first-order valence-electron chi connectivity index (χ1n) is 6.65. The molecule has 11 heteroatoms. The summed E-state index contributed by atoms with van der Waals surface area (Å²) in [4.78, 5) is 33.1. The minimum atomic E-state index is -0.815. The van der Waals surface area contributed by atoms with Crippen LogP contribution in [-0.2, 0) is 9.47 Å². The van der Waals surface area contributed by atoms with Gasteiger partial charge in [-0.25, -0.2) is 9.59 Å². The van der Waals surface area contributed by atoms with Crippen LogP contribution in [0.3, 0.4) is 0 Å². The Morgan fingerprint density at radius 3 is 2.46 bits per heavy atom. The van der Waals surface area contributed by atoms with Gasteiger partial charge in [-0.3, -0.25) is 20.7 Å². The molecule has 1 aromatic carbocycles. The first-order valence-corrected chi connectivity index (χ1v) is 7.05. The molecular weight excluding hydrogens is 340 g/mol. The number of thiocarbonyl (C=S) groups is 1. The van der Waals surface area contributed by atoms with Gasteiger partial charge in [0.05, 0.1) is 23.8 Å². The van der Waals surface area contributed by atoms with Crippen molar-refractivity contribution in [2.24, 2.45) is 0 Å². The van der Waals surface area contributed by atoms with Gasteiger partial charge in [-0.1, -0.05) is 0 Å². The van der Waals surface area contributed by atoms with Crippen LogP contribution < -0.4 is 16.0 Å². The van der Waals surface area contributed by atoms with Gasteiger partial charge in [0.25, 0.3) is 5.69 Å². The fourth-order valence-corrected chi connectivity index (χ4v) is 1.72. The number of anilines is 2. The normalized spacial score (nSPS) is 9.83. The topological polar surface area (TPSA) is 132 Å². The standard InChI is InChI=1S/C13H16N4O6S/c1-7(2)23-13(19)14-8-4-5-9(10(6-8)17(20)21)15-11(24)16-12(18)22-3/h4-7H,1-3H3,(H,14,19)(H2,15,16,18,24). The van der Waals surface area contributed by atoms with Gasteiger partial charge in [0.1, 0.15) is 5.69 Å². The number of carbonyl (C=O) groups is 2. The van der Waals surface area contributed by atoms with Crippen LogP contribution in [0.1, 0.15) is 13.8 Å². The Morgan fingerprint density at radius 2 is 1.92 bits per heavy atom. The molecule has 1 aromatic rings. The van der Waals surface area contributed by atoms with Gasteiger partial charge in [-0.05, 0) is 38.2 Å². The first-order chi connectivity index (χ1) is 11.2. The van der Waals surface area contributed by atoms with Crippen LogP contribution in [0.2, 0.25) is 0 Å². The molecule has 0 aliphatic heterocycles. The number of nitro benzene ring substituents is 1. The molecule has 0 aliphatic carbocycles. The maximum Gasteiger partial charge on any atom is 0.413 e. The van der Waals surface area contributed by atoms with Crippen LogP contribution in [0, 0.1) is 10.1 Å². The Morgan fingerprint density at radius 1 is 1.25 bits per heavy atom. The van der Waals surface area contributed by atoms with Crippen molar-refractivity contribution in [2.45, 2.75) is 20.0 Å². The van der Waals surface area contributed by atoms with Crippen molar-refractivity contribution in [3.63, 3.8) is 0 Å². The molecule has 1 rings (SSSR count). The number of ether oxygens (including phenoxy) is 2. The van der Waals surface area contributed by atoms with E-state index in [0.29, 0.717) is 0 Å². The van der Waals surface area contributed by atoms with Crippen molar-refractivity contribution < 1.29 is 24.0 Å². The molecule has 0 aliphatic rings. The SMILES string of the molecule is COC(=O)NC(=S)Nc1ccc(NC(=O)OC(C)C)cc1[N+](=O)[O-]. The largest absolute Gasteiger partial charge is 0.453 e. The van der Waals surface area contributed by atoms with Gasteiger partial charge in [0.2, 0.25) is 0 Å². The quantitative estimate of drug-likeness (QED) is 0.426. The van der Waals surface area contributed by atoms with Gasteiger partial charge >= 0.3 is 12.2 Å². The molecule has 3 N–H and O–H groups in total. The third-order valence-corrected chi connectivity index (χ3v) is 2.64. The predicted octanol–water partition coefficient (Wildman–Crippen LogP) is 2.60. The number of carbonyl (C=O) groups excluding carboxylic acids is 2. The van der Waals surface area contributed by atoms with E-state index in [1.54, 1.807) is 13.8 Å². The summed E-state index contributed by atoms with van der Waals surface area (Å²) in [7, 11) is 1.15. The van der Waals surface area contributed by atoms with Gasteiger partial charge < -0.3 is 14.8 Å². The Bertz CT molecular complexity index is 664. The highest BCUT2D eigenvalue weighted by Gasteiger charge is 2.17. The summed E-state index contributed by atoms with van der Waals surface area (Å²) >= 11 is 4.84. The molecule has 0 unspecified atom stereocenters. The summed E-state index contributed by atoms with van der Waals surface area (Å²) < 4.78 is 9.25. The van der Waals surface area contributed by atoms with Crippen molar-refractivity contribution in [3.8, 4) is 0 Å². The number of rotatable bonds is 4. The lowest BCUT2D eigenvalue weighted by Crippen LogP contribution is -2.34. The van der Waals surface area contributed by atoms with Crippen molar-refractivity contribution in [1.82, 2.24) is 5.32 Å². The molecular formula is C13H16N4O6S. The number of hydrogen-bond donors (Lipinski definition) is 3. The van der Waals surface area contributed by atoms with Crippen LogP contribution >= 0.6 is 12.2 Å².